The van der Waals surface area contributed by atoms with Gasteiger partial charge in [-0.3, -0.25) is 10.1 Å². The fourth-order valence-electron chi connectivity index (χ4n) is 2.78. The molecule has 2 N–H and O–H groups in total. The van der Waals surface area contributed by atoms with Crippen LogP contribution < -0.4 is 10.6 Å². The molecule has 0 radical (unpaired) electrons. The quantitative estimate of drug-likeness (QED) is 0.514. The zero-order chi connectivity index (χ0) is 22.5. The third-order valence-electron chi connectivity index (χ3n) is 4.54. The average molecular weight is 482 g/mol. The molecule has 0 bridgehead atoms. The number of carbonyl (C=O) groups excluding carboxylic acids is 2. The average Bonchev–Trinajstić information content (AvgIpc) is 3.29. The van der Waals surface area contributed by atoms with Crippen LogP contribution in [-0.4, -0.2) is 34.0 Å². The van der Waals surface area contributed by atoms with E-state index in [4.69, 9.17) is 27.7 Å². The molecule has 0 aliphatic rings. The van der Waals surface area contributed by atoms with Gasteiger partial charge in [0.15, 0.2) is 5.13 Å². The maximum absolute atomic E-state index is 12.5. The largest absolute Gasteiger partial charge is 0.361 e. The fourth-order valence-corrected chi connectivity index (χ4v) is 3.80. The number of thiazole rings is 1. The molecule has 2 heterocycles. The summed E-state index contributed by atoms with van der Waals surface area (Å²) in [6, 6.07) is 4.76. The van der Waals surface area contributed by atoms with Gasteiger partial charge >= 0.3 is 6.03 Å². The first-order valence-corrected chi connectivity index (χ1v) is 11.0. The Balaban J connectivity index is 1.49. The van der Waals surface area contributed by atoms with Crippen LogP contribution in [0.4, 0.5) is 9.93 Å². The summed E-state index contributed by atoms with van der Waals surface area (Å²) in [4.78, 5) is 30.6. The van der Waals surface area contributed by atoms with Gasteiger partial charge in [0, 0.05) is 24.5 Å². The number of rotatable bonds is 7. The molecule has 3 rings (SSSR count). The van der Waals surface area contributed by atoms with Gasteiger partial charge in [0.1, 0.15) is 5.76 Å². The second-order valence-corrected chi connectivity index (χ2v) is 8.60. The van der Waals surface area contributed by atoms with Crippen molar-refractivity contribution in [3.63, 3.8) is 0 Å². The van der Waals surface area contributed by atoms with Gasteiger partial charge in [0.05, 0.1) is 34.4 Å². The Kier molecular flexibility index (Phi) is 7.53. The molecule has 1 aromatic carbocycles. The topological polar surface area (TPSA) is 100 Å². The molecule has 0 fully saturated rings. The molecule has 3 amide bonds. The van der Waals surface area contributed by atoms with E-state index in [2.05, 4.69) is 20.8 Å². The van der Waals surface area contributed by atoms with E-state index in [0.717, 1.165) is 11.1 Å². The number of nitrogens with zero attached hydrogens (tertiary/aromatic N) is 3. The van der Waals surface area contributed by atoms with E-state index in [0.29, 0.717) is 45.4 Å². The summed E-state index contributed by atoms with van der Waals surface area (Å²) in [6.07, 6.45) is 0.212. The van der Waals surface area contributed by atoms with E-state index < -0.39 is 6.03 Å². The molecule has 11 heteroatoms. The number of hydrogen-bond donors (Lipinski definition) is 2. The van der Waals surface area contributed by atoms with Crippen molar-refractivity contribution < 1.29 is 14.1 Å². The van der Waals surface area contributed by atoms with E-state index in [9.17, 15) is 9.59 Å². The monoisotopic (exact) mass is 481 g/mol. The molecular formula is C20H21Cl2N5O3S. The minimum absolute atomic E-state index is 0.0729. The molecule has 0 unspecified atom stereocenters. The number of benzene rings is 1. The number of carbonyl (C=O) groups is 2. The molecule has 0 atom stereocenters. The molecule has 0 saturated heterocycles. The maximum atomic E-state index is 12.5. The predicted molar refractivity (Wildman–Crippen MR) is 121 cm³/mol. The molecule has 0 aliphatic heterocycles. The second-order valence-electron chi connectivity index (χ2n) is 6.93. The third-order valence-corrected chi connectivity index (χ3v) is 6.09. The number of anilines is 1. The molecular weight excluding hydrogens is 461 g/mol. The van der Waals surface area contributed by atoms with Crippen LogP contribution >= 0.6 is 34.5 Å². The summed E-state index contributed by atoms with van der Waals surface area (Å²) in [5.74, 6) is 0.572. The normalized spacial score (nSPS) is 10.7. The lowest BCUT2D eigenvalue weighted by atomic mass is 10.1. The van der Waals surface area contributed by atoms with Crippen LogP contribution in [-0.2, 0) is 24.3 Å². The molecule has 0 spiro atoms. The molecule has 0 saturated carbocycles. The van der Waals surface area contributed by atoms with Crippen molar-refractivity contribution in [3.05, 3.63) is 61.9 Å². The van der Waals surface area contributed by atoms with Crippen LogP contribution in [0.2, 0.25) is 10.0 Å². The Morgan fingerprint density at radius 3 is 2.68 bits per heavy atom. The van der Waals surface area contributed by atoms with Crippen LogP contribution in [0, 0.1) is 13.8 Å². The summed E-state index contributed by atoms with van der Waals surface area (Å²) in [5, 5.41) is 12.4. The number of likely N-dealkylation sites (N-methyl/N-ethyl adjacent to an activating group) is 1. The van der Waals surface area contributed by atoms with Gasteiger partial charge in [0.25, 0.3) is 0 Å². The molecule has 8 nitrogen and oxygen atoms in total. The molecule has 0 aliphatic carbocycles. The van der Waals surface area contributed by atoms with Crippen molar-refractivity contribution in [1.29, 1.82) is 0 Å². The first kappa shape index (κ1) is 23.1. The number of urea groups is 1. The van der Waals surface area contributed by atoms with Crippen molar-refractivity contribution in [1.82, 2.24) is 20.4 Å². The number of aromatic nitrogens is 2. The molecule has 31 heavy (non-hydrogen) atoms. The van der Waals surface area contributed by atoms with Gasteiger partial charge in [0.2, 0.25) is 5.91 Å². The highest BCUT2D eigenvalue weighted by Crippen LogP contribution is 2.22. The Bertz CT molecular complexity index is 1080. The SMILES string of the molecule is Cc1noc(C)c1CC(=O)N(C)Cc1csc(NC(=O)NCc2ccc(Cl)c(Cl)c2)n1. The summed E-state index contributed by atoms with van der Waals surface area (Å²) >= 11 is 13.1. The number of amides is 3. The maximum Gasteiger partial charge on any atom is 0.321 e. The van der Waals surface area contributed by atoms with E-state index in [1.165, 1.54) is 11.3 Å². The smallest absolute Gasteiger partial charge is 0.321 e. The zero-order valence-electron chi connectivity index (χ0n) is 17.2. The van der Waals surface area contributed by atoms with Gasteiger partial charge in [-0.15, -0.1) is 11.3 Å². The highest BCUT2D eigenvalue weighted by molar-refractivity contribution is 7.13. The number of halogens is 2. The number of hydrogen-bond acceptors (Lipinski definition) is 6. The Morgan fingerprint density at radius 2 is 2.00 bits per heavy atom. The Morgan fingerprint density at radius 1 is 1.23 bits per heavy atom. The highest BCUT2D eigenvalue weighted by atomic mass is 35.5. The van der Waals surface area contributed by atoms with Gasteiger partial charge in [-0.25, -0.2) is 9.78 Å². The standard InChI is InChI=1S/C20H21Cl2N5O3S/c1-11-15(12(2)30-26-11)7-18(28)27(3)9-14-10-31-20(24-14)25-19(29)23-8-13-4-5-16(21)17(22)6-13/h4-6,10H,7-9H2,1-3H3,(H2,23,24,25,29). The number of aryl methyl sites for hydroxylation is 2. The molecule has 3 aromatic rings. The van der Waals surface area contributed by atoms with Gasteiger partial charge in [-0.1, -0.05) is 34.4 Å². The Hall–Kier alpha value is -2.62. The van der Waals surface area contributed by atoms with E-state index in [-0.39, 0.29) is 12.3 Å². The second kappa shape index (κ2) is 10.1. The van der Waals surface area contributed by atoms with Crippen LogP contribution in [0.25, 0.3) is 0 Å². The first-order valence-electron chi connectivity index (χ1n) is 9.32. The lowest BCUT2D eigenvalue weighted by molar-refractivity contribution is -0.129. The van der Waals surface area contributed by atoms with Gasteiger partial charge < -0.3 is 14.7 Å². The van der Waals surface area contributed by atoms with E-state index >= 15 is 0 Å². The lowest BCUT2D eigenvalue weighted by Gasteiger charge is -2.15. The van der Waals surface area contributed by atoms with E-state index in [1.807, 2.05) is 6.92 Å². The fraction of sp³-hybridized carbons (Fsp3) is 0.300. The Labute approximate surface area is 193 Å². The van der Waals surface area contributed by atoms with Gasteiger partial charge in [-0.2, -0.15) is 0 Å². The summed E-state index contributed by atoms with van der Waals surface area (Å²) in [5.41, 5.74) is 3.02. The molecule has 164 valence electrons. The lowest BCUT2D eigenvalue weighted by Crippen LogP contribution is -2.29. The van der Waals surface area contributed by atoms with Gasteiger partial charge in [-0.05, 0) is 31.5 Å². The first-order chi connectivity index (χ1) is 14.7. The van der Waals surface area contributed by atoms with Crippen molar-refractivity contribution in [3.8, 4) is 0 Å². The number of nitrogens with one attached hydrogen (secondary N) is 2. The summed E-state index contributed by atoms with van der Waals surface area (Å²) in [7, 11) is 1.71. The van der Waals surface area contributed by atoms with Crippen molar-refractivity contribution in [2.45, 2.75) is 33.4 Å². The summed E-state index contributed by atoms with van der Waals surface area (Å²) in [6.45, 7) is 4.21. The van der Waals surface area contributed by atoms with Crippen LogP contribution in [0.3, 0.4) is 0 Å². The van der Waals surface area contributed by atoms with Crippen molar-refractivity contribution in [2.75, 3.05) is 12.4 Å². The van der Waals surface area contributed by atoms with Crippen LogP contribution in [0.5, 0.6) is 0 Å². The van der Waals surface area contributed by atoms with Crippen molar-refractivity contribution in [2.24, 2.45) is 0 Å². The highest BCUT2D eigenvalue weighted by Gasteiger charge is 2.17. The predicted octanol–water partition coefficient (Wildman–Crippen LogP) is 4.58. The molecule has 2 aromatic heterocycles. The minimum Gasteiger partial charge on any atom is -0.361 e. The minimum atomic E-state index is -0.394. The van der Waals surface area contributed by atoms with Crippen LogP contribution in [0.1, 0.15) is 28.3 Å². The zero-order valence-corrected chi connectivity index (χ0v) is 19.5. The van der Waals surface area contributed by atoms with E-state index in [1.54, 1.807) is 42.5 Å². The third kappa shape index (κ3) is 6.19. The van der Waals surface area contributed by atoms with Crippen LogP contribution in [0.15, 0.2) is 28.1 Å². The van der Waals surface area contributed by atoms with Crippen molar-refractivity contribution >= 4 is 51.6 Å². The summed E-state index contributed by atoms with van der Waals surface area (Å²) < 4.78 is 5.10.